The summed E-state index contributed by atoms with van der Waals surface area (Å²) in [6, 6.07) is 22.1. The van der Waals surface area contributed by atoms with Crippen molar-refractivity contribution in [1.29, 1.82) is 0 Å². The maximum atomic E-state index is 13.3. The van der Waals surface area contributed by atoms with Gasteiger partial charge in [-0.2, -0.15) is 5.10 Å². The number of aryl methyl sites for hydroxylation is 2. The Bertz CT molecular complexity index is 1810. The van der Waals surface area contributed by atoms with E-state index in [2.05, 4.69) is 47.1 Å². The summed E-state index contributed by atoms with van der Waals surface area (Å²) in [6.07, 6.45) is 0. The molecule has 6 rings (SSSR count). The molecule has 0 saturated heterocycles. The summed E-state index contributed by atoms with van der Waals surface area (Å²) in [6.45, 7) is 3.03. The first-order valence-electron chi connectivity index (χ1n) is 12.0. The number of carbonyl (C=O) groups is 1. The normalized spacial score (nSPS) is 11.5. The molecule has 0 aliphatic heterocycles. The second kappa shape index (κ2) is 8.97. The standard InChI is InChI=1S/C29H26N4O3S/c1-5-33-22-9-7-6-8-19(22)20-15-18(11-12-23(20)33)30-28(34)26-16-21-27(31-32(2)29(21)37-26)17-10-13-24(35-3)25(14-17)36-4/h6-16H,5H2,1-4H3,(H,30,34). The van der Waals surface area contributed by atoms with Crippen molar-refractivity contribution in [3.8, 4) is 22.8 Å². The van der Waals surface area contributed by atoms with Gasteiger partial charge in [-0.05, 0) is 55.5 Å². The van der Waals surface area contributed by atoms with Gasteiger partial charge in [0.05, 0.1) is 19.1 Å². The van der Waals surface area contributed by atoms with Crippen molar-refractivity contribution in [2.24, 2.45) is 7.05 Å². The van der Waals surface area contributed by atoms with Crippen LogP contribution in [0.25, 0.3) is 43.3 Å². The molecular formula is C29H26N4O3S. The number of hydrogen-bond donors (Lipinski definition) is 1. The van der Waals surface area contributed by atoms with E-state index in [9.17, 15) is 4.79 Å². The molecule has 0 fully saturated rings. The summed E-state index contributed by atoms with van der Waals surface area (Å²) < 4.78 is 14.9. The Morgan fingerprint density at radius 3 is 2.49 bits per heavy atom. The third kappa shape index (κ3) is 3.72. The molecule has 37 heavy (non-hydrogen) atoms. The van der Waals surface area contributed by atoms with E-state index >= 15 is 0 Å². The maximum Gasteiger partial charge on any atom is 0.265 e. The van der Waals surface area contributed by atoms with Crippen molar-refractivity contribution in [2.75, 3.05) is 19.5 Å². The molecule has 3 aromatic carbocycles. The van der Waals surface area contributed by atoms with Gasteiger partial charge in [0, 0.05) is 52.0 Å². The second-order valence-electron chi connectivity index (χ2n) is 8.82. The van der Waals surface area contributed by atoms with Gasteiger partial charge in [0.1, 0.15) is 10.5 Å². The number of aromatic nitrogens is 3. The molecule has 0 bridgehead atoms. The summed E-state index contributed by atoms with van der Waals surface area (Å²) in [5.41, 5.74) is 4.82. The van der Waals surface area contributed by atoms with Gasteiger partial charge in [-0.3, -0.25) is 9.48 Å². The van der Waals surface area contributed by atoms with Gasteiger partial charge < -0.3 is 19.4 Å². The number of nitrogens with one attached hydrogen (secondary N) is 1. The predicted molar refractivity (Wildman–Crippen MR) is 150 cm³/mol. The number of thiophene rings is 1. The highest BCUT2D eigenvalue weighted by Crippen LogP contribution is 2.38. The number of amides is 1. The van der Waals surface area contributed by atoms with Crippen molar-refractivity contribution < 1.29 is 14.3 Å². The van der Waals surface area contributed by atoms with Gasteiger partial charge in [0.25, 0.3) is 5.91 Å². The van der Waals surface area contributed by atoms with Crippen LogP contribution in [0.2, 0.25) is 0 Å². The molecule has 0 aliphatic rings. The molecule has 7 nitrogen and oxygen atoms in total. The van der Waals surface area contributed by atoms with Crippen LogP contribution in [-0.4, -0.2) is 34.5 Å². The van der Waals surface area contributed by atoms with E-state index in [1.54, 1.807) is 14.2 Å². The average molecular weight is 511 g/mol. The van der Waals surface area contributed by atoms with Gasteiger partial charge >= 0.3 is 0 Å². The van der Waals surface area contributed by atoms with Crippen LogP contribution in [0, 0.1) is 0 Å². The van der Waals surface area contributed by atoms with Crippen molar-refractivity contribution in [2.45, 2.75) is 13.5 Å². The smallest absolute Gasteiger partial charge is 0.265 e. The number of fused-ring (bicyclic) bond motifs is 4. The van der Waals surface area contributed by atoms with Crippen LogP contribution >= 0.6 is 11.3 Å². The maximum absolute atomic E-state index is 13.3. The number of anilines is 1. The molecule has 0 saturated carbocycles. The van der Waals surface area contributed by atoms with Crippen LogP contribution in [0.1, 0.15) is 16.6 Å². The molecule has 0 spiro atoms. The van der Waals surface area contributed by atoms with E-state index in [0.29, 0.717) is 16.4 Å². The SMILES string of the molecule is CCn1c2ccccc2c2cc(NC(=O)c3cc4c(-c5ccc(OC)c(OC)c5)nn(C)c4s3)ccc21. The molecule has 6 aromatic rings. The summed E-state index contributed by atoms with van der Waals surface area (Å²) in [4.78, 5) is 14.9. The first kappa shape index (κ1) is 23.1. The Labute approximate surface area is 217 Å². The van der Waals surface area contributed by atoms with Crippen molar-refractivity contribution >= 4 is 55.0 Å². The lowest BCUT2D eigenvalue weighted by molar-refractivity contribution is 0.103. The van der Waals surface area contributed by atoms with Crippen LogP contribution in [-0.2, 0) is 13.6 Å². The minimum atomic E-state index is -0.141. The van der Waals surface area contributed by atoms with E-state index in [1.807, 2.05) is 48.1 Å². The number of rotatable bonds is 6. The number of nitrogens with zero attached hydrogens (tertiary/aromatic N) is 3. The van der Waals surface area contributed by atoms with Crippen LogP contribution in [0.3, 0.4) is 0 Å². The van der Waals surface area contributed by atoms with Crippen LogP contribution in [0.15, 0.2) is 66.7 Å². The number of hydrogen-bond acceptors (Lipinski definition) is 5. The molecule has 8 heteroatoms. The van der Waals surface area contributed by atoms with E-state index in [1.165, 1.54) is 22.2 Å². The average Bonchev–Trinajstić information content (AvgIpc) is 3.59. The first-order valence-corrected chi connectivity index (χ1v) is 12.8. The zero-order chi connectivity index (χ0) is 25.7. The molecule has 3 heterocycles. The molecule has 1 N–H and O–H groups in total. The molecule has 0 aliphatic carbocycles. The number of benzene rings is 3. The lowest BCUT2D eigenvalue weighted by Crippen LogP contribution is -2.10. The Morgan fingerprint density at radius 2 is 1.70 bits per heavy atom. The molecule has 0 unspecified atom stereocenters. The summed E-state index contributed by atoms with van der Waals surface area (Å²) in [5.74, 6) is 1.15. The summed E-state index contributed by atoms with van der Waals surface area (Å²) in [5, 5.41) is 11.0. The molecule has 3 aromatic heterocycles. The first-order chi connectivity index (χ1) is 18.0. The van der Waals surface area contributed by atoms with Crippen molar-refractivity contribution in [3.05, 3.63) is 71.6 Å². The molecule has 0 radical (unpaired) electrons. The van der Waals surface area contributed by atoms with E-state index in [-0.39, 0.29) is 5.91 Å². The highest BCUT2D eigenvalue weighted by Gasteiger charge is 2.20. The highest BCUT2D eigenvalue weighted by molar-refractivity contribution is 7.20. The number of methoxy groups -OCH3 is 2. The Kier molecular flexibility index (Phi) is 5.61. The lowest BCUT2D eigenvalue weighted by atomic mass is 10.1. The predicted octanol–water partition coefficient (Wildman–Crippen LogP) is 6.70. The quantitative estimate of drug-likeness (QED) is 0.271. The van der Waals surface area contributed by atoms with Crippen molar-refractivity contribution in [1.82, 2.24) is 14.3 Å². The van der Waals surface area contributed by atoms with Gasteiger partial charge in [0.15, 0.2) is 11.5 Å². The van der Waals surface area contributed by atoms with E-state index in [4.69, 9.17) is 14.6 Å². The van der Waals surface area contributed by atoms with Gasteiger partial charge in [-0.1, -0.05) is 18.2 Å². The number of para-hydroxylation sites is 1. The van der Waals surface area contributed by atoms with Gasteiger partial charge in [0.2, 0.25) is 0 Å². The molecular weight excluding hydrogens is 484 g/mol. The zero-order valence-corrected chi connectivity index (χ0v) is 21.8. The van der Waals surface area contributed by atoms with Crippen LogP contribution < -0.4 is 14.8 Å². The summed E-state index contributed by atoms with van der Waals surface area (Å²) in [7, 11) is 5.11. The third-order valence-corrected chi connectivity index (χ3v) is 7.94. The van der Waals surface area contributed by atoms with E-state index in [0.717, 1.165) is 44.6 Å². The molecule has 0 atom stereocenters. The Hall–Kier alpha value is -4.30. The largest absolute Gasteiger partial charge is 0.493 e. The summed E-state index contributed by atoms with van der Waals surface area (Å²) >= 11 is 1.43. The minimum Gasteiger partial charge on any atom is -0.493 e. The highest BCUT2D eigenvalue weighted by atomic mass is 32.1. The van der Waals surface area contributed by atoms with E-state index < -0.39 is 0 Å². The lowest BCUT2D eigenvalue weighted by Gasteiger charge is -2.08. The number of carbonyl (C=O) groups excluding carboxylic acids is 1. The fourth-order valence-electron chi connectivity index (χ4n) is 5.01. The molecule has 1 amide bonds. The minimum absolute atomic E-state index is 0.141. The monoisotopic (exact) mass is 510 g/mol. The Balaban J connectivity index is 1.35. The third-order valence-electron chi connectivity index (χ3n) is 6.74. The molecule has 186 valence electrons. The topological polar surface area (TPSA) is 70.3 Å². The number of ether oxygens (including phenoxy) is 2. The fourth-order valence-corrected chi connectivity index (χ4v) is 5.98. The van der Waals surface area contributed by atoms with Gasteiger partial charge in [-0.25, -0.2) is 0 Å². The van der Waals surface area contributed by atoms with Gasteiger partial charge in [-0.15, -0.1) is 11.3 Å². The van der Waals surface area contributed by atoms with Crippen LogP contribution in [0.4, 0.5) is 5.69 Å². The second-order valence-corrected chi connectivity index (χ2v) is 9.85. The fraction of sp³-hybridized carbons (Fsp3) is 0.172. The van der Waals surface area contributed by atoms with Crippen molar-refractivity contribution in [3.63, 3.8) is 0 Å². The Morgan fingerprint density at radius 1 is 0.919 bits per heavy atom. The van der Waals surface area contributed by atoms with Crippen LogP contribution in [0.5, 0.6) is 11.5 Å². The zero-order valence-electron chi connectivity index (χ0n) is 21.0.